The maximum absolute atomic E-state index is 12.7. The number of nitrogens with one attached hydrogen (secondary N) is 1. The summed E-state index contributed by atoms with van der Waals surface area (Å²) in [5.74, 6) is -0.834. The highest BCUT2D eigenvalue weighted by Crippen LogP contribution is 2.09. The van der Waals surface area contributed by atoms with Gasteiger partial charge in [0.25, 0.3) is 5.91 Å². The number of benzene rings is 1. The first kappa shape index (κ1) is 11.9. The molecule has 18 heavy (non-hydrogen) atoms. The predicted molar refractivity (Wildman–Crippen MR) is 64.0 cm³/mol. The summed E-state index contributed by atoms with van der Waals surface area (Å²) in [6.07, 6.45) is 0.564. The van der Waals surface area contributed by atoms with Gasteiger partial charge in [-0.05, 0) is 36.4 Å². The number of amides is 1. The first-order chi connectivity index (χ1) is 8.69. The number of halogens is 1. The Hall–Kier alpha value is -2.56. The van der Waals surface area contributed by atoms with Crippen molar-refractivity contribution < 1.29 is 14.0 Å². The van der Waals surface area contributed by atoms with E-state index in [1.807, 2.05) is 0 Å². The lowest BCUT2D eigenvalue weighted by Crippen LogP contribution is -2.14. The van der Waals surface area contributed by atoms with Crippen LogP contribution in [0.4, 0.5) is 10.1 Å². The van der Waals surface area contributed by atoms with E-state index in [2.05, 4.69) is 10.3 Å². The molecule has 0 spiro atoms. The normalized spacial score (nSPS) is 9.83. The molecule has 0 aliphatic heterocycles. The summed E-state index contributed by atoms with van der Waals surface area (Å²) in [5.41, 5.74) is 0.769. The van der Waals surface area contributed by atoms with Crippen LogP contribution in [0.25, 0.3) is 0 Å². The summed E-state index contributed by atoms with van der Waals surface area (Å²) in [7, 11) is 0. The molecule has 0 unspecified atom stereocenters. The van der Waals surface area contributed by atoms with Crippen LogP contribution in [-0.2, 0) is 0 Å². The molecule has 1 aromatic carbocycles. The molecule has 1 amide bonds. The van der Waals surface area contributed by atoms with E-state index >= 15 is 0 Å². The van der Waals surface area contributed by atoms with E-state index < -0.39 is 5.91 Å². The fourth-order valence-corrected chi connectivity index (χ4v) is 1.37. The summed E-state index contributed by atoms with van der Waals surface area (Å²) in [5, 5.41) is 2.55. The Morgan fingerprint density at radius 2 is 1.89 bits per heavy atom. The number of nitrogens with zero attached hydrogens (tertiary/aromatic N) is 1. The van der Waals surface area contributed by atoms with Gasteiger partial charge in [0.15, 0.2) is 6.29 Å². The second-order valence-electron chi connectivity index (χ2n) is 3.53. The number of anilines is 1. The second kappa shape index (κ2) is 5.18. The van der Waals surface area contributed by atoms with Crippen LogP contribution in [0.5, 0.6) is 0 Å². The Bertz CT molecular complexity index is 582. The van der Waals surface area contributed by atoms with Gasteiger partial charge < -0.3 is 5.32 Å². The molecule has 0 saturated heterocycles. The van der Waals surface area contributed by atoms with Crippen molar-refractivity contribution in [3.8, 4) is 0 Å². The van der Waals surface area contributed by atoms with Gasteiger partial charge >= 0.3 is 0 Å². The number of pyridine rings is 1. The summed E-state index contributed by atoms with van der Waals surface area (Å²) in [6.45, 7) is 0. The van der Waals surface area contributed by atoms with Crippen LogP contribution in [-0.4, -0.2) is 17.2 Å². The standard InChI is InChI=1S/C13H9FN2O2/c14-9-4-6-10(7-5-9)16-13(18)12-3-1-2-11(8-17)15-12/h1-8H,(H,16,18). The number of hydrogen-bond acceptors (Lipinski definition) is 3. The average Bonchev–Trinajstić information content (AvgIpc) is 2.41. The molecular formula is C13H9FN2O2. The van der Waals surface area contributed by atoms with E-state index in [-0.39, 0.29) is 17.2 Å². The Morgan fingerprint density at radius 1 is 1.17 bits per heavy atom. The van der Waals surface area contributed by atoms with Gasteiger partial charge in [0.2, 0.25) is 0 Å². The summed E-state index contributed by atoms with van der Waals surface area (Å²) in [6, 6.07) is 9.92. The minimum Gasteiger partial charge on any atom is -0.321 e. The molecule has 2 aromatic rings. The monoisotopic (exact) mass is 244 g/mol. The van der Waals surface area contributed by atoms with Crippen LogP contribution in [0.1, 0.15) is 21.0 Å². The van der Waals surface area contributed by atoms with Crippen molar-refractivity contribution in [2.24, 2.45) is 0 Å². The summed E-state index contributed by atoms with van der Waals surface area (Å²) < 4.78 is 12.7. The molecule has 0 radical (unpaired) electrons. The largest absolute Gasteiger partial charge is 0.321 e. The maximum Gasteiger partial charge on any atom is 0.274 e. The average molecular weight is 244 g/mol. The highest BCUT2D eigenvalue weighted by molar-refractivity contribution is 6.03. The van der Waals surface area contributed by atoms with Crippen molar-refractivity contribution in [1.82, 2.24) is 4.98 Å². The van der Waals surface area contributed by atoms with Crippen molar-refractivity contribution in [3.63, 3.8) is 0 Å². The third-order valence-corrected chi connectivity index (χ3v) is 2.23. The first-order valence-corrected chi connectivity index (χ1v) is 5.18. The predicted octanol–water partition coefficient (Wildman–Crippen LogP) is 2.29. The molecule has 5 heteroatoms. The summed E-state index contributed by atoms with van der Waals surface area (Å²) in [4.78, 5) is 26.2. The first-order valence-electron chi connectivity index (χ1n) is 5.18. The van der Waals surface area contributed by atoms with Gasteiger partial charge in [0, 0.05) is 5.69 Å². The van der Waals surface area contributed by atoms with Crippen molar-refractivity contribution in [2.45, 2.75) is 0 Å². The zero-order chi connectivity index (χ0) is 13.0. The van der Waals surface area contributed by atoms with E-state index in [4.69, 9.17) is 0 Å². The van der Waals surface area contributed by atoms with Crippen LogP contribution < -0.4 is 5.32 Å². The fraction of sp³-hybridized carbons (Fsp3) is 0. The molecule has 0 aliphatic rings. The van der Waals surface area contributed by atoms with E-state index in [9.17, 15) is 14.0 Å². The molecule has 1 aromatic heterocycles. The smallest absolute Gasteiger partial charge is 0.274 e. The van der Waals surface area contributed by atoms with Crippen LogP contribution >= 0.6 is 0 Å². The second-order valence-corrected chi connectivity index (χ2v) is 3.53. The Morgan fingerprint density at radius 3 is 2.56 bits per heavy atom. The lowest BCUT2D eigenvalue weighted by molar-refractivity contribution is 0.102. The van der Waals surface area contributed by atoms with E-state index in [0.29, 0.717) is 12.0 Å². The van der Waals surface area contributed by atoms with Gasteiger partial charge in [0.1, 0.15) is 17.2 Å². The number of aromatic nitrogens is 1. The zero-order valence-electron chi connectivity index (χ0n) is 9.26. The molecule has 1 N–H and O–H groups in total. The van der Waals surface area contributed by atoms with Gasteiger partial charge in [-0.15, -0.1) is 0 Å². The molecule has 0 aliphatic carbocycles. The number of hydrogen-bond donors (Lipinski definition) is 1. The molecule has 2 rings (SSSR count). The third-order valence-electron chi connectivity index (χ3n) is 2.23. The number of aldehydes is 1. The number of rotatable bonds is 3. The Balaban J connectivity index is 2.16. The molecule has 4 nitrogen and oxygen atoms in total. The molecule has 90 valence electrons. The molecule has 1 heterocycles. The molecular weight excluding hydrogens is 235 g/mol. The van der Waals surface area contributed by atoms with Crippen molar-refractivity contribution >= 4 is 17.9 Å². The quantitative estimate of drug-likeness (QED) is 0.842. The van der Waals surface area contributed by atoms with E-state index in [0.717, 1.165) is 0 Å². The van der Waals surface area contributed by atoms with Crippen LogP contribution in [0.3, 0.4) is 0 Å². The fourth-order valence-electron chi connectivity index (χ4n) is 1.37. The number of carbonyl (C=O) groups is 2. The van der Waals surface area contributed by atoms with Gasteiger partial charge in [-0.3, -0.25) is 9.59 Å². The number of carbonyl (C=O) groups excluding carboxylic acids is 2. The van der Waals surface area contributed by atoms with Crippen molar-refractivity contribution in [3.05, 3.63) is 59.7 Å². The highest BCUT2D eigenvalue weighted by atomic mass is 19.1. The molecule has 0 atom stereocenters. The van der Waals surface area contributed by atoms with E-state index in [1.54, 1.807) is 6.07 Å². The SMILES string of the molecule is O=Cc1cccc(C(=O)Nc2ccc(F)cc2)n1. The molecule has 0 saturated carbocycles. The van der Waals surface area contributed by atoms with E-state index in [1.165, 1.54) is 36.4 Å². The minimum atomic E-state index is -0.453. The van der Waals surface area contributed by atoms with Crippen LogP contribution in [0.2, 0.25) is 0 Å². The Labute approximate surface area is 102 Å². The van der Waals surface area contributed by atoms with Gasteiger partial charge in [-0.25, -0.2) is 9.37 Å². The van der Waals surface area contributed by atoms with Gasteiger partial charge in [-0.1, -0.05) is 6.07 Å². The van der Waals surface area contributed by atoms with Crippen LogP contribution in [0, 0.1) is 5.82 Å². The highest BCUT2D eigenvalue weighted by Gasteiger charge is 2.08. The van der Waals surface area contributed by atoms with Gasteiger partial charge in [0.05, 0.1) is 0 Å². The van der Waals surface area contributed by atoms with Crippen LogP contribution in [0.15, 0.2) is 42.5 Å². The summed E-state index contributed by atoms with van der Waals surface area (Å²) >= 11 is 0. The zero-order valence-corrected chi connectivity index (χ0v) is 9.26. The molecule has 0 bridgehead atoms. The lowest BCUT2D eigenvalue weighted by Gasteiger charge is -2.04. The van der Waals surface area contributed by atoms with Gasteiger partial charge in [-0.2, -0.15) is 0 Å². The third kappa shape index (κ3) is 2.76. The topological polar surface area (TPSA) is 59.1 Å². The molecule has 0 fully saturated rings. The van der Waals surface area contributed by atoms with Crippen molar-refractivity contribution in [1.29, 1.82) is 0 Å². The lowest BCUT2D eigenvalue weighted by atomic mass is 10.2. The maximum atomic E-state index is 12.7. The van der Waals surface area contributed by atoms with Crippen molar-refractivity contribution in [2.75, 3.05) is 5.32 Å². The minimum absolute atomic E-state index is 0.129. The Kier molecular flexibility index (Phi) is 3.43.